The molecule has 1 saturated carbocycles. The second-order valence-corrected chi connectivity index (χ2v) is 5.65. The highest BCUT2D eigenvalue weighted by Crippen LogP contribution is 2.35. The SMILES string of the molecule is CC1(NC(=O)O[C@H]2CO[C@@H](c3cnc(N)nc3)C2)CC1. The van der Waals surface area contributed by atoms with Gasteiger partial charge in [-0.2, -0.15) is 0 Å². The van der Waals surface area contributed by atoms with Crippen LogP contribution in [0.3, 0.4) is 0 Å². The van der Waals surface area contributed by atoms with E-state index in [1.807, 2.05) is 6.92 Å². The molecule has 0 aromatic carbocycles. The summed E-state index contributed by atoms with van der Waals surface area (Å²) in [4.78, 5) is 19.6. The minimum atomic E-state index is -0.368. The van der Waals surface area contributed by atoms with Gasteiger partial charge in [-0.05, 0) is 19.8 Å². The van der Waals surface area contributed by atoms with Crippen molar-refractivity contribution in [1.82, 2.24) is 15.3 Å². The summed E-state index contributed by atoms with van der Waals surface area (Å²) in [6, 6.07) is 0. The Kier molecular flexibility index (Phi) is 3.21. The zero-order chi connectivity index (χ0) is 14.2. The van der Waals surface area contributed by atoms with Crippen molar-refractivity contribution in [2.45, 2.75) is 43.9 Å². The lowest BCUT2D eigenvalue weighted by atomic mass is 10.1. The molecular formula is C13H18N4O3. The fraction of sp³-hybridized carbons (Fsp3) is 0.615. The molecule has 3 rings (SSSR count). The van der Waals surface area contributed by atoms with Gasteiger partial charge in [0.05, 0.1) is 12.7 Å². The zero-order valence-electron chi connectivity index (χ0n) is 11.3. The lowest BCUT2D eigenvalue weighted by molar-refractivity contribution is 0.0683. The Morgan fingerprint density at radius 2 is 2.20 bits per heavy atom. The Hall–Kier alpha value is -1.89. The lowest BCUT2D eigenvalue weighted by Gasteiger charge is -2.15. The van der Waals surface area contributed by atoms with E-state index in [4.69, 9.17) is 15.2 Å². The predicted molar refractivity (Wildman–Crippen MR) is 70.8 cm³/mol. The second kappa shape index (κ2) is 4.90. The van der Waals surface area contributed by atoms with Crippen molar-refractivity contribution in [3.63, 3.8) is 0 Å². The van der Waals surface area contributed by atoms with Gasteiger partial charge >= 0.3 is 6.09 Å². The van der Waals surface area contributed by atoms with Gasteiger partial charge in [-0.1, -0.05) is 0 Å². The number of amides is 1. The Bertz CT molecular complexity index is 501. The predicted octanol–water partition coefficient (Wildman–Crippen LogP) is 1.17. The molecule has 0 unspecified atom stereocenters. The summed E-state index contributed by atoms with van der Waals surface area (Å²) < 4.78 is 11.0. The Balaban J connectivity index is 1.51. The maximum Gasteiger partial charge on any atom is 0.407 e. The average molecular weight is 278 g/mol. The van der Waals surface area contributed by atoms with Crippen LogP contribution in [0.15, 0.2) is 12.4 Å². The number of carbonyl (C=O) groups is 1. The quantitative estimate of drug-likeness (QED) is 0.861. The molecule has 1 aliphatic carbocycles. The van der Waals surface area contributed by atoms with Gasteiger partial charge in [0, 0.05) is 29.9 Å². The van der Waals surface area contributed by atoms with E-state index < -0.39 is 0 Å². The third kappa shape index (κ3) is 2.98. The topological polar surface area (TPSA) is 99.4 Å². The van der Waals surface area contributed by atoms with Crippen LogP contribution in [0.25, 0.3) is 0 Å². The van der Waals surface area contributed by atoms with Gasteiger partial charge in [0.1, 0.15) is 6.10 Å². The molecule has 7 nitrogen and oxygen atoms in total. The second-order valence-electron chi connectivity index (χ2n) is 5.65. The van der Waals surface area contributed by atoms with Gasteiger partial charge in [-0.25, -0.2) is 14.8 Å². The molecule has 1 aliphatic heterocycles. The van der Waals surface area contributed by atoms with E-state index >= 15 is 0 Å². The number of nitrogens with one attached hydrogen (secondary N) is 1. The normalized spacial score (nSPS) is 27.1. The first-order valence-corrected chi connectivity index (χ1v) is 6.72. The molecule has 2 atom stereocenters. The molecule has 20 heavy (non-hydrogen) atoms. The van der Waals surface area contributed by atoms with E-state index in [0.717, 1.165) is 18.4 Å². The van der Waals surface area contributed by atoms with Crippen LogP contribution in [0.4, 0.5) is 10.7 Å². The summed E-state index contributed by atoms with van der Waals surface area (Å²) in [5.74, 6) is 0.233. The van der Waals surface area contributed by atoms with E-state index in [2.05, 4.69) is 15.3 Å². The summed E-state index contributed by atoms with van der Waals surface area (Å²) in [6.07, 6.45) is 5.15. The number of nitrogens with two attached hydrogens (primary N) is 1. The Morgan fingerprint density at radius 3 is 2.85 bits per heavy atom. The maximum absolute atomic E-state index is 11.7. The van der Waals surface area contributed by atoms with E-state index in [0.29, 0.717) is 13.0 Å². The molecule has 0 radical (unpaired) electrons. The number of ether oxygens (including phenoxy) is 2. The first-order chi connectivity index (χ1) is 9.54. The molecule has 2 heterocycles. The molecule has 3 N–H and O–H groups in total. The van der Waals surface area contributed by atoms with Crippen molar-refractivity contribution in [2.24, 2.45) is 0 Å². The van der Waals surface area contributed by atoms with Gasteiger partial charge in [0.15, 0.2) is 0 Å². The molecule has 2 fully saturated rings. The zero-order valence-corrected chi connectivity index (χ0v) is 11.3. The van der Waals surface area contributed by atoms with Crippen LogP contribution in [0.2, 0.25) is 0 Å². The minimum Gasteiger partial charge on any atom is -0.444 e. The summed E-state index contributed by atoms with van der Waals surface area (Å²) in [6.45, 7) is 2.40. The smallest absolute Gasteiger partial charge is 0.407 e. The molecule has 108 valence electrons. The first-order valence-electron chi connectivity index (χ1n) is 6.72. The molecule has 7 heteroatoms. The van der Waals surface area contributed by atoms with Crippen LogP contribution in [-0.4, -0.2) is 34.3 Å². The van der Waals surface area contributed by atoms with Crippen molar-refractivity contribution in [1.29, 1.82) is 0 Å². The third-order valence-electron chi connectivity index (χ3n) is 3.70. The van der Waals surface area contributed by atoms with Gasteiger partial charge in [-0.3, -0.25) is 0 Å². The fourth-order valence-corrected chi connectivity index (χ4v) is 2.17. The molecule has 1 saturated heterocycles. The van der Waals surface area contributed by atoms with Crippen LogP contribution in [0.5, 0.6) is 0 Å². The number of carbonyl (C=O) groups excluding carboxylic acids is 1. The number of hydrogen-bond acceptors (Lipinski definition) is 6. The van der Waals surface area contributed by atoms with Crippen molar-refractivity contribution >= 4 is 12.0 Å². The van der Waals surface area contributed by atoms with Crippen LogP contribution in [0.1, 0.15) is 37.9 Å². The Labute approximate surface area is 116 Å². The van der Waals surface area contributed by atoms with Gasteiger partial charge in [-0.15, -0.1) is 0 Å². The fourth-order valence-electron chi connectivity index (χ4n) is 2.17. The summed E-state index contributed by atoms with van der Waals surface area (Å²) in [7, 11) is 0. The standard InChI is InChI=1S/C13H18N4O3/c1-13(2-3-13)17-12(18)20-9-4-10(19-7-9)8-5-15-11(14)16-6-8/h5-6,9-10H,2-4,7H2,1H3,(H,17,18)(H2,14,15,16)/t9-,10-/m1/s1. The van der Waals surface area contributed by atoms with E-state index in [-0.39, 0.29) is 29.8 Å². The van der Waals surface area contributed by atoms with E-state index in [9.17, 15) is 4.79 Å². The van der Waals surface area contributed by atoms with E-state index in [1.54, 1.807) is 12.4 Å². The number of nitrogens with zero attached hydrogens (tertiary/aromatic N) is 2. The van der Waals surface area contributed by atoms with Crippen LogP contribution in [-0.2, 0) is 9.47 Å². The van der Waals surface area contributed by atoms with Crippen LogP contribution < -0.4 is 11.1 Å². The summed E-state index contributed by atoms with van der Waals surface area (Å²) >= 11 is 0. The summed E-state index contributed by atoms with van der Waals surface area (Å²) in [5, 5.41) is 2.86. The molecular weight excluding hydrogens is 260 g/mol. The van der Waals surface area contributed by atoms with Crippen LogP contribution >= 0.6 is 0 Å². The molecule has 1 aromatic rings. The summed E-state index contributed by atoms with van der Waals surface area (Å²) in [5.41, 5.74) is 6.22. The molecule has 1 amide bonds. The monoisotopic (exact) mass is 278 g/mol. The number of nitrogen functional groups attached to an aromatic ring is 1. The van der Waals surface area contributed by atoms with Crippen molar-refractivity contribution < 1.29 is 14.3 Å². The maximum atomic E-state index is 11.7. The van der Waals surface area contributed by atoms with Crippen molar-refractivity contribution in [2.75, 3.05) is 12.3 Å². The van der Waals surface area contributed by atoms with Crippen molar-refractivity contribution in [3.05, 3.63) is 18.0 Å². The number of alkyl carbamates (subject to hydrolysis) is 1. The van der Waals surface area contributed by atoms with Gasteiger partial charge in [0.25, 0.3) is 0 Å². The first kappa shape index (κ1) is 13.1. The highest BCUT2D eigenvalue weighted by Gasteiger charge is 2.40. The van der Waals surface area contributed by atoms with Crippen molar-refractivity contribution in [3.8, 4) is 0 Å². The molecule has 0 bridgehead atoms. The number of anilines is 1. The molecule has 1 aromatic heterocycles. The average Bonchev–Trinajstić information content (AvgIpc) is 2.94. The molecule has 2 aliphatic rings. The number of hydrogen-bond donors (Lipinski definition) is 2. The van der Waals surface area contributed by atoms with Gasteiger partial charge in [0.2, 0.25) is 5.95 Å². The van der Waals surface area contributed by atoms with E-state index in [1.165, 1.54) is 0 Å². The number of rotatable bonds is 3. The third-order valence-corrected chi connectivity index (χ3v) is 3.70. The lowest BCUT2D eigenvalue weighted by Crippen LogP contribution is -2.37. The highest BCUT2D eigenvalue weighted by molar-refractivity contribution is 5.69. The number of aromatic nitrogens is 2. The Morgan fingerprint density at radius 1 is 1.50 bits per heavy atom. The highest BCUT2D eigenvalue weighted by atomic mass is 16.6. The van der Waals surface area contributed by atoms with Crippen LogP contribution in [0, 0.1) is 0 Å². The largest absolute Gasteiger partial charge is 0.444 e. The minimum absolute atomic E-state index is 0.0687. The van der Waals surface area contributed by atoms with Gasteiger partial charge < -0.3 is 20.5 Å². The molecule has 0 spiro atoms.